The smallest absolute Gasteiger partial charge is 0.252 e. The standard InChI is InChI=1S/C17H18BrFN2O2S/c18-14-4-3-12(19)10-13(14)17(22)20-11-15(16-2-1-9-24-16)21-5-7-23-8-6-21/h1-4,9-10,15H,5-8,11H2,(H,20,22). The Morgan fingerprint density at radius 1 is 1.38 bits per heavy atom. The van der Waals surface area contributed by atoms with Gasteiger partial charge in [0, 0.05) is 29.0 Å². The van der Waals surface area contributed by atoms with Crippen molar-refractivity contribution in [2.24, 2.45) is 0 Å². The Bertz CT molecular complexity index is 690. The van der Waals surface area contributed by atoms with Crippen LogP contribution < -0.4 is 5.32 Å². The van der Waals surface area contributed by atoms with E-state index < -0.39 is 5.82 Å². The molecule has 0 aliphatic carbocycles. The number of benzene rings is 1. The van der Waals surface area contributed by atoms with E-state index in [1.165, 1.54) is 17.0 Å². The lowest BCUT2D eigenvalue weighted by Gasteiger charge is -2.34. The fourth-order valence-electron chi connectivity index (χ4n) is 2.74. The SMILES string of the molecule is O=C(NCC(c1cccs1)N1CCOCC1)c1cc(F)ccc1Br. The Kier molecular flexibility index (Phi) is 5.99. The Morgan fingerprint density at radius 3 is 2.88 bits per heavy atom. The van der Waals surface area contributed by atoms with Crippen LogP contribution in [0, 0.1) is 5.82 Å². The van der Waals surface area contributed by atoms with Crippen LogP contribution in [0.1, 0.15) is 21.3 Å². The highest BCUT2D eigenvalue weighted by Gasteiger charge is 2.24. The summed E-state index contributed by atoms with van der Waals surface area (Å²) in [6, 6.07) is 8.30. The summed E-state index contributed by atoms with van der Waals surface area (Å²) in [6.45, 7) is 3.54. The summed E-state index contributed by atoms with van der Waals surface area (Å²) < 4.78 is 19.4. The van der Waals surface area contributed by atoms with Gasteiger partial charge in [0.05, 0.1) is 24.8 Å². The quantitative estimate of drug-likeness (QED) is 0.817. The Hall–Kier alpha value is -1.28. The van der Waals surface area contributed by atoms with Crippen molar-refractivity contribution in [2.75, 3.05) is 32.8 Å². The van der Waals surface area contributed by atoms with Crippen LogP contribution in [0.3, 0.4) is 0 Å². The number of carbonyl (C=O) groups excluding carboxylic acids is 1. The number of morpholine rings is 1. The van der Waals surface area contributed by atoms with Gasteiger partial charge < -0.3 is 10.1 Å². The van der Waals surface area contributed by atoms with Gasteiger partial charge in [-0.05, 0) is 45.6 Å². The first kappa shape index (κ1) is 17.5. The van der Waals surface area contributed by atoms with Gasteiger partial charge in [0.25, 0.3) is 5.91 Å². The predicted octanol–water partition coefficient (Wildman–Crippen LogP) is 3.45. The first-order chi connectivity index (χ1) is 11.6. The van der Waals surface area contributed by atoms with E-state index in [2.05, 4.69) is 32.2 Å². The number of rotatable bonds is 5. The molecule has 24 heavy (non-hydrogen) atoms. The highest BCUT2D eigenvalue weighted by atomic mass is 79.9. The molecule has 128 valence electrons. The van der Waals surface area contributed by atoms with Crippen LogP contribution in [0.4, 0.5) is 4.39 Å². The molecule has 1 fully saturated rings. The minimum Gasteiger partial charge on any atom is -0.379 e. The highest BCUT2D eigenvalue weighted by molar-refractivity contribution is 9.10. The van der Waals surface area contributed by atoms with Gasteiger partial charge in [-0.25, -0.2) is 4.39 Å². The molecular formula is C17H18BrFN2O2S. The molecule has 2 aromatic rings. The molecule has 1 aliphatic heterocycles. The third-order valence-corrected chi connectivity index (χ3v) is 5.65. The lowest BCUT2D eigenvalue weighted by molar-refractivity contribution is 0.0169. The zero-order valence-corrected chi connectivity index (χ0v) is 15.4. The third kappa shape index (κ3) is 4.22. The largest absolute Gasteiger partial charge is 0.379 e. The molecule has 0 spiro atoms. The number of ether oxygens (including phenoxy) is 1. The van der Waals surface area contributed by atoms with E-state index >= 15 is 0 Å². The van der Waals surface area contributed by atoms with E-state index in [1.807, 2.05) is 11.4 Å². The second kappa shape index (κ2) is 8.20. The van der Waals surface area contributed by atoms with Crippen molar-refractivity contribution in [3.05, 3.63) is 56.4 Å². The summed E-state index contributed by atoms with van der Waals surface area (Å²) >= 11 is 4.98. The van der Waals surface area contributed by atoms with Crippen molar-refractivity contribution < 1.29 is 13.9 Å². The second-order valence-corrected chi connectivity index (χ2v) is 7.35. The molecule has 0 radical (unpaired) electrons. The van der Waals surface area contributed by atoms with Crippen LogP contribution in [-0.4, -0.2) is 43.7 Å². The number of thiophene rings is 1. The molecule has 2 heterocycles. The zero-order valence-electron chi connectivity index (χ0n) is 13.0. The number of carbonyl (C=O) groups is 1. The van der Waals surface area contributed by atoms with Gasteiger partial charge in [-0.2, -0.15) is 0 Å². The van der Waals surface area contributed by atoms with Gasteiger partial charge in [0.1, 0.15) is 5.82 Å². The number of hydrogen-bond acceptors (Lipinski definition) is 4. The minimum atomic E-state index is -0.425. The molecule has 1 aromatic heterocycles. The molecule has 1 N–H and O–H groups in total. The Morgan fingerprint density at radius 2 is 2.17 bits per heavy atom. The van der Waals surface area contributed by atoms with E-state index in [4.69, 9.17) is 4.74 Å². The van der Waals surface area contributed by atoms with Crippen molar-refractivity contribution in [1.82, 2.24) is 10.2 Å². The number of halogens is 2. The maximum atomic E-state index is 13.4. The summed E-state index contributed by atoms with van der Waals surface area (Å²) in [7, 11) is 0. The highest BCUT2D eigenvalue weighted by Crippen LogP contribution is 2.26. The van der Waals surface area contributed by atoms with E-state index in [1.54, 1.807) is 17.4 Å². The van der Waals surface area contributed by atoms with E-state index in [0.717, 1.165) is 13.1 Å². The van der Waals surface area contributed by atoms with Crippen molar-refractivity contribution >= 4 is 33.2 Å². The minimum absolute atomic E-state index is 0.102. The van der Waals surface area contributed by atoms with Gasteiger partial charge in [0.2, 0.25) is 0 Å². The van der Waals surface area contributed by atoms with Crippen LogP contribution in [0.25, 0.3) is 0 Å². The van der Waals surface area contributed by atoms with Crippen LogP contribution in [-0.2, 0) is 4.74 Å². The van der Waals surface area contributed by atoms with E-state index in [9.17, 15) is 9.18 Å². The molecule has 0 saturated carbocycles. The Labute approximate surface area is 152 Å². The molecule has 1 saturated heterocycles. The van der Waals surface area contributed by atoms with Crippen molar-refractivity contribution in [2.45, 2.75) is 6.04 Å². The average Bonchev–Trinajstić information content (AvgIpc) is 3.12. The van der Waals surface area contributed by atoms with Gasteiger partial charge in [-0.3, -0.25) is 9.69 Å². The molecule has 1 atom stereocenters. The molecule has 1 aliphatic rings. The molecule has 0 bridgehead atoms. The van der Waals surface area contributed by atoms with Gasteiger partial charge in [0.15, 0.2) is 0 Å². The fourth-order valence-corrected chi connectivity index (χ4v) is 4.02. The number of hydrogen-bond donors (Lipinski definition) is 1. The van der Waals surface area contributed by atoms with Crippen molar-refractivity contribution in [1.29, 1.82) is 0 Å². The Balaban J connectivity index is 1.71. The summed E-state index contributed by atoms with van der Waals surface area (Å²) in [6.07, 6.45) is 0. The van der Waals surface area contributed by atoms with Crippen LogP contribution in [0.5, 0.6) is 0 Å². The lowest BCUT2D eigenvalue weighted by Crippen LogP contribution is -2.43. The van der Waals surface area contributed by atoms with E-state index in [0.29, 0.717) is 29.8 Å². The molecule has 1 aromatic carbocycles. The van der Waals surface area contributed by atoms with Crippen molar-refractivity contribution in [3.63, 3.8) is 0 Å². The van der Waals surface area contributed by atoms with Crippen molar-refractivity contribution in [3.8, 4) is 0 Å². The number of amides is 1. The molecule has 4 nitrogen and oxygen atoms in total. The average molecular weight is 413 g/mol. The van der Waals surface area contributed by atoms with Crippen LogP contribution >= 0.6 is 27.3 Å². The number of nitrogens with zero attached hydrogens (tertiary/aromatic N) is 1. The predicted molar refractivity (Wildman–Crippen MR) is 95.9 cm³/mol. The summed E-state index contributed by atoms with van der Waals surface area (Å²) in [4.78, 5) is 15.9. The molecule has 1 unspecified atom stereocenters. The normalized spacial score (nSPS) is 16.8. The second-order valence-electron chi connectivity index (χ2n) is 5.51. The first-order valence-electron chi connectivity index (χ1n) is 7.73. The summed E-state index contributed by atoms with van der Waals surface area (Å²) in [5.74, 6) is -0.706. The first-order valence-corrected chi connectivity index (χ1v) is 9.41. The van der Waals surface area contributed by atoms with Gasteiger partial charge in [-0.15, -0.1) is 11.3 Å². The van der Waals surface area contributed by atoms with E-state index in [-0.39, 0.29) is 11.9 Å². The van der Waals surface area contributed by atoms with Gasteiger partial charge in [-0.1, -0.05) is 6.07 Å². The summed E-state index contributed by atoms with van der Waals surface area (Å²) in [5.41, 5.74) is 0.307. The molecule has 7 heteroatoms. The maximum absolute atomic E-state index is 13.4. The van der Waals surface area contributed by atoms with Gasteiger partial charge >= 0.3 is 0 Å². The zero-order chi connectivity index (χ0) is 16.9. The maximum Gasteiger partial charge on any atom is 0.252 e. The topological polar surface area (TPSA) is 41.6 Å². The van der Waals surface area contributed by atoms with Crippen LogP contribution in [0.15, 0.2) is 40.2 Å². The monoisotopic (exact) mass is 412 g/mol. The fraction of sp³-hybridized carbons (Fsp3) is 0.353. The summed E-state index contributed by atoms with van der Waals surface area (Å²) in [5, 5.41) is 4.98. The number of nitrogens with one attached hydrogen (secondary N) is 1. The lowest BCUT2D eigenvalue weighted by atomic mass is 10.1. The molecular weight excluding hydrogens is 395 g/mol. The van der Waals surface area contributed by atoms with Crippen LogP contribution in [0.2, 0.25) is 0 Å². The third-order valence-electron chi connectivity index (χ3n) is 3.99. The molecule has 3 rings (SSSR count). The molecule has 1 amide bonds.